The second-order valence-electron chi connectivity index (χ2n) is 11.5. The van der Waals surface area contributed by atoms with E-state index >= 15 is 0 Å². The van der Waals surface area contributed by atoms with E-state index in [1.54, 1.807) is 24.3 Å². The molecule has 0 unspecified atom stereocenters. The predicted molar refractivity (Wildman–Crippen MR) is 180 cm³/mol. The Morgan fingerprint density at radius 1 is 0.674 bits per heavy atom. The van der Waals surface area contributed by atoms with Gasteiger partial charge in [-0.1, -0.05) is 84.0 Å². The van der Waals surface area contributed by atoms with Gasteiger partial charge in [0, 0.05) is 19.8 Å². The van der Waals surface area contributed by atoms with E-state index in [0.717, 1.165) is 24.1 Å². The normalized spacial score (nSPS) is 11.7. The van der Waals surface area contributed by atoms with Crippen LogP contribution in [0.5, 0.6) is 5.75 Å². The highest BCUT2D eigenvalue weighted by molar-refractivity contribution is 7.92. The summed E-state index contributed by atoms with van der Waals surface area (Å²) in [6, 6.07) is 18.8. The second-order valence-corrected chi connectivity index (χ2v) is 13.2. The molecule has 0 aliphatic carbocycles. The van der Waals surface area contributed by atoms with Crippen LogP contribution in [0.3, 0.4) is 0 Å². The minimum absolute atomic E-state index is 0.138. The van der Waals surface area contributed by atoms with Crippen molar-refractivity contribution in [2.24, 2.45) is 10.2 Å². The Balaban J connectivity index is 1.45. The molecule has 0 spiro atoms. The van der Waals surface area contributed by atoms with E-state index < -0.39 is 10.0 Å². The third-order valence-corrected chi connectivity index (χ3v) is 9.06. The first kappa shape index (κ1) is 34.1. The van der Waals surface area contributed by atoms with Gasteiger partial charge in [0.1, 0.15) is 5.75 Å². The van der Waals surface area contributed by atoms with Gasteiger partial charge in [0.15, 0.2) is 0 Å². The maximum Gasteiger partial charge on any atom is 0.261 e. The average molecular weight is 607 g/mol. The van der Waals surface area contributed by atoms with Crippen LogP contribution < -0.4 is 9.62 Å². The fourth-order valence-electron chi connectivity index (χ4n) is 5.05. The number of phenols is 1. The number of rotatable bonds is 20. The van der Waals surface area contributed by atoms with E-state index in [-0.39, 0.29) is 10.6 Å². The Kier molecular flexibility index (Phi) is 14.5. The summed E-state index contributed by atoms with van der Waals surface area (Å²) in [5.74, 6) is 0.138. The average Bonchev–Trinajstić information content (AvgIpc) is 3.00. The number of unbranched alkanes of at least 4 members (excludes halogenated alkanes) is 12. The number of aryl methyl sites for hydroxylation is 1. The SMILES string of the molecule is CCCCCCCCCCCCCCCc1cc(O)ccc1NS(=O)(=O)c1ccc(N=Nc2ccc(N(C)C)cc2)cc1. The van der Waals surface area contributed by atoms with E-state index in [9.17, 15) is 13.5 Å². The third-order valence-electron chi connectivity index (χ3n) is 7.68. The van der Waals surface area contributed by atoms with Crippen LogP contribution in [0, 0.1) is 0 Å². The number of nitrogens with one attached hydrogen (secondary N) is 1. The lowest BCUT2D eigenvalue weighted by atomic mass is 10.0. The molecular formula is C35H50N4O3S. The first-order valence-electron chi connectivity index (χ1n) is 15.9. The zero-order valence-corrected chi connectivity index (χ0v) is 27.1. The molecule has 0 saturated heterocycles. The van der Waals surface area contributed by atoms with Crippen LogP contribution in [0.15, 0.2) is 81.9 Å². The first-order chi connectivity index (χ1) is 20.8. The Morgan fingerprint density at radius 3 is 1.67 bits per heavy atom. The van der Waals surface area contributed by atoms with Crippen LogP contribution in [0.4, 0.5) is 22.7 Å². The lowest BCUT2D eigenvalue weighted by molar-refractivity contribution is 0.474. The lowest BCUT2D eigenvalue weighted by Gasteiger charge is -2.13. The summed E-state index contributed by atoms with van der Waals surface area (Å²) in [5, 5.41) is 18.5. The van der Waals surface area contributed by atoms with Crippen molar-refractivity contribution in [1.29, 1.82) is 0 Å². The molecule has 2 N–H and O–H groups in total. The third kappa shape index (κ3) is 12.4. The summed E-state index contributed by atoms with van der Waals surface area (Å²) in [7, 11) is 0.141. The van der Waals surface area contributed by atoms with Crippen LogP contribution >= 0.6 is 0 Å². The van der Waals surface area contributed by atoms with Gasteiger partial charge in [0.2, 0.25) is 0 Å². The smallest absolute Gasteiger partial charge is 0.261 e. The molecular weight excluding hydrogens is 556 g/mol. The molecule has 234 valence electrons. The number of aromatic hydroxyl groups is 1. The molecule has 7 nitrogen and oxygen atoms in total. The largest absolute Gasteiger partial charge is 0.508 e. The van der Waals surface area contributed by atoms with E-state index in [1.807, 2.05) is 43.3 Å². The molecule has 0 bridgehead atoms. The van der Waals surface area contributed by atoms with Gasteiger partial charge < -0.3 is 10.0 Å². The van der Waals surface area contributed by atoms with Crippen LogP contribution in [0.25, 0.3) is 0 Å². The second kappa shape index (κ2) is 18.3. The topological polar surface area (TPSA) is 94.4 Å². The molecule has 3 rings (SSSR count). The molecule has 0 aromatic heterocycles. The van der Waals surface area contributed by atoms with Gasteiger partial charge in [-0.15, -0.1) is 0 Å². The summed E-state index contributed by atoms with van der Waals surface area (Å²) < 4.78 is 29.1. The Labute approximate surface area is 259 Å². The lowest BCUT2D eigenvalue weighted by Crippen LogP contribution is -2.14. The molecule has 0 amide bonds. The number of hydrogen-bond acceptors (Lipinski definition) is 6. The number of anilines is 2. The summed E-state index contributed by atoms with van der Waals surface area (Å²) in [4.78, 5) is 2.15. The molecule has 8 heteroatoms. The molecule has 0 aliphatic heterocycles. The molecule has 0 radical (unpaired) electrons. The van der Waals surface area contributed by atoms with Crippen molar-refractivity contribution in [3.05, 3.63) is 72.3 Å². The Bertz CT molecular complexity index is 1350. The minimum Gasteiger partial charge on any atom is -0.508 e. The fourth-order valence-corrected chi connectivity index (χ4v) is 6.15. The quantitative estimate of drug-likeness (QED) is 0.0760. The van der Waals surface area contributed by atoms with Gasteiger partial charge >= 0.3 is 0 Å². The molecule has 3 aromatic rings. The molecule has 0 heterocycles. The fraction of sp³-hybridized carbons (Fsp3) is 0.486. The molecule has 0 atom stereocenters. The monoisotopic (exact) mass is 606 g/mol. The molecule has 0 aliphatic rings. The molecule has 3 aromatic carbocycles. The Morgan fingerprint density at radius 2 is 1.16 bits per heavy atom. The van der Waals surface area contributed by atoms with Gasteiger partial charge in [0.05, 0.1) is 22.0 Å². The van der Waals surface area contributed by atoms with Crippen molar-refractivity contribution in [1.82, 2.24) is 0 Å². The van der Waals surface area contributed by atoms with E-state index in [0.29, 0.717) is 23.5 Å². The van der Waals surface area contributed by atoms with Crippen molar-refractivity contribution in [2.75, 3.05) is 23.7 Å². The summed E-state index contributed by atoms with van der Waals surface area (Å²) in [6.07, 6.45) is 17.3. The number of hydrogen-bond donors (Lipinski definition) is 2. The van der Waals surface area contributed by atoms with Gasteiger partial charge in [0.25, 0.3) is 10.0 Å². The highest BCUT2D eigenvalue weighted by Crippen LogP contribution is 2.27. The maximum absolute atomic E-state index is 13.2. The van der Waals surface area contributed by atoms with Crippen LogP contribution in [-0.4, -0.2) is 27.6 Å². The standard InChI is InChI=1S/C35H50N4O3S/c1-4-5-6-7-8-9-10-11-12-13-14-15-16-17-29-28-33(40)24-27-35(29)38-43(41,42)34-25-20-31(21-26-34)37-36-30-18-22-32(23-19-30)39(2)3/h18-28,38,40H,4-17H2,1-3H3. The van der Waals surface area contributed by atoms with Crippen molar-refractivity contribution in [3.8, 4) is 5.75 Å². The Hall–Kier alpha value is -3.39. The summed E-state index contributed by atoms with van der Waals surface area (Å²) >= 11 is 0. The highest BCUT2D eigenvalue weighted by Gasteiger charge is 2.16. The highest BCUT2D eigenvalue weighted by atomic mass is 32.2. The van der Waals surface area contributed by atoms with Crippen LogP contribution in [-0.2, 0) is 16.4 Å². The molecule has 0 fully saturated rings. The van der Waals surface area contributed by atoms with Gasteiger partial charge in [-0.3, -0.25) is 4.72 Å². The predicted octanol–water partition coefficient (Wildman–Crippen LogP) is 10.3. The van der Waals surface area contributed by atoms with E-state index in [2.05, 4.69) is 21.9 Å². The first-order valence-corrected chi connectivity index (χ1v) is 17.4. The zero-order chi connectivity index (χ0) is 30.9. The summed E-state index contributed by atoms with van der Waals surface area (Å²) in [6.45, 7) is 2.26. The number of benzene rings is 3. The van der Waals surface area contributed by atoms with E-state index in [1.165, 1.54) is 88.8 Å². The van der Waals surface area contributed by atoms with Crippen molar-refractivity contribution < 1.29 is 13.5 Å². The summed E-state index contributed by atoms with van der Waals surface area (Å²) in [5.41, 5.74) is 3.65. The minimum atomic E-state index is -3.81. The number of nitrogens with zero attached hydrogens (tertiary/aromatic N) is 3. The van der Waals surface area contributed by atoms with Crippen molar-refractivity contribution >= 4 is 32.8 Å². The van der Waals surface area contributed by atoms with Gasteiger partial charge in [-0.05, 0) is 85.1 Å². The van der Waals surface area contributed by atoms with Crippen molar-refractivity contribution in [2.45, 2.75) is 102 Å². The molecule has 0 saturated carbocycles. The number of phenolic OH excluding ortho intramolecular Hbond substituents is 1. The van der Waals surface area contributed by atoms with Crippen LogP contribution in [0.1, 0.15) is 96.0 Å². The van der Waals surface area contributed by atoms with Gasteiger partial charge in [-0.25, -0.2) is 8.42 Å². The number of azo groups is 1. The number of sulfonamides is 1. The van der Waals surface area contributed by atoms with Gasteiger partial charge in [-0.2, -0.15) is 10.2 Å². The van der Waals surface area contributed by atoms with Crippen molar-refractivity contribution in [3.63, 3.8) is 0 Å². The van der Waals surface area contributed by atoms with Crippen LogP contribution in [0.2, 0.25) is 0 Å². The maximum atomic E-state index is 13.2. The van der Waals surface area contributed by atoms with E-state index in [4.69, 9.17) is 0 Å². The molecule has 43 heavy (non-hydrogen) atoms. The zero-order valence-electron chi connectivity index (χ0n) is 26.3.